The van der Waals surface area contributed by atoms with Crippen molar-refractivity contribution >= 4 is 6.08 Å². The van der Waals surface area contributed by atoms with Gasteiger partial charge in [-0.3, -0.25) is 0 Å². The number of hydrogen-bond acceptors (Lipinski definition) is 2. The van der Waals surface area contributed by atoms with Crippen molar-refractivity contribution in [3.63, 3.8) is 0 Å². The van der Waals surface area contributed by atoms with Gasteiger partial charge in [0.1, 0.15) is 12.4 Å². The SMILES string of the molecule is C=C/C(=C/c1ccccc1)OCCOCC. The van der Waals surface area contributed by atoms with Crippen molar-refractivity contribution in [2.75, 3.05) is 19.8 Å². The number of allylic oxidation sites excluding steroid dienone is 1. The van der Waals surface area contributed by atoms with E-state index in [0.717, 1.165) is 17.9 Å². The molecular formula is C14H18O2. The van der Waals surface area contributed by atoms with Crippen molar-refractivity contribution in [3.8, 4) is 0 Å². The minimum absolute atomic E-state index is 0.554. The van der Waals surface area contributed by atoms with Crippen molar-refractivity contribution < 1.29 is 9.47 Å². The molecule has 0 saturated carbocycles. The average Bonchev–Trinajstić information content (AvgIpc) is 2.34. The molecule has 1 aromatic rings. The van der Waals surface area contributed by atoms with Gasteiger partial charge in [-0.1, -0.05) is 36.9 Å². The summed E-state index contributed by atoms with van der Waals surface area (Å²) in [5.74, 6) is 0.769. The van der Waals surface area contributed by atoms with Gasteiger partial charge in [-0.15, -0.1) is 0 Å². The second kappa shape index (κ2) is 7.71. The molecule has 86 valence electrons. The largest absolute Gasteiger partial charge is 0.491 e. The number of ether oxygens (including phenoxy) is 2. The first-order valence-corrected chi connectivity index (χ1v) is 5.46. The maximum atomic E-state index is 5.52. The van der Waals surface area contributed by atoms with Crippen LogP contribution in [0.1, 0.15) is 12.5 Å². The zero-order chi connectivity index (χ0) is 11.6. The average molecular weight is 218 g/mol. The van der Waals surface area contributed by atoms with Crippen LogP contribution in [0.25, 0.3) is 6.08 Å². The van der Waals surface area contributed by atoms with Crippen LogP contribution in [0.3, 0.4) is 0 Å². The molecule has 16 heavy (non-hydrogen) atoms. The summed E-state index contributed by atoms with van der Waals surface area (Å²) in [5.41, 5.74) is 1.11. The Balaban J connectivity index is 2.47. The van der Waals surface area contributed by atoms with E-state index in [1.807, 2.05) is 43.3 Å². The molecule has 2 heteroatoms. The van der Waals surface area contributed by atoms with Crippen LogP contribution in [-0.4, -0.2) is 19.8 Å². The lowest BCUT2D eigenvalue weighted by atomic mass is 10.2. The van der Waals surface area contributed by atoms with E-state index in [1.165, 1.54) is 0 Å². The molecule has 0 N–H and O–H groups in total. The molecule has 0 spiro atoms. The first-order chi connectivity index (χ1) is 7.86. The Kier molecular flexibility index (Phi) is 6.04. The van der Waals surface area contributed by atoms with Gasteiger partial charge in [0.2, 0.25) is 0 Å². The molecule has 0 heterocycles. The van der Waals surface area contributed by atoms with E-state index >= 15 is 0 Å². The fourth-order valence-corrected chi connectivity index (χ4v) is 1.24. The van der Waals surface area contributed by atoms with Crippen LogP contribution >= 0.6 is 0 Å². The van der Waals surface area contributed by atoms with Crippen molar-refractivity contribution in [1.29, 1.82) is 0 Å². The van der Waals surface area contributed by atoms with E-state index in [2.05, 4.69) is 6.58 Å². The van der Waals surface area contributed by atoms with Crippen LogP contribution in [0.15, 0.2) is 48.7 Å². The molecular weight excluding hydrogens is 200 g/mol. The van der Waals surface area contributed by atoms with Crippen LogP contribution < -0.4 is 0 Å². The Bertz CT molecular complexity index is 328. The molecule has 0 aliphatic carbocycles. The fourth-order valence-electron chi connectivity index (χ4n) is 1.24. The second-order valence-electron chi connectivity index (χ2n) is 3.21. The van der Waals surface area contributed by atoms with Gasteiger partial charge in [-0.2, -0.15) is 0 Å². The third kappa shape index (κ3) is 4.80. The van der Waals surface area contributed by atoms with Gasteiger partial charge in [0, 0.05) is 6.61 Å². The molecule has 1 rings (SSSR count). The lowest BCUT2D eigenvalue weighted by molar-refractivity contribution is 0.0874. The lowest BCUT2D eigenvalue weighted by Crippen LogP contribution is -2.02. The number of rotatable bonds is 7. The molecule has 0 atom stereocenters. The number of hydrogen-bond donors (Lipinski definition) is 0. The summed E-state index contributed by atoms with van der Waals surface area (Å²) < 4.78 is 10.7. The Morgan fingerprint density at radius 3 is 2.62 bits per heavy atom. The fraction of sp³-hybridized carbons (Fsp3) is 0.286. The van der Waals surface area contributed by atoms with Crippen LogP contribution in [0.4, 0.5) is 0 Å². The molecule has 0 amide bonds. The van der Waals surface area contributed by atoms with Gasteiger partial charge in [-0.25, -0.2) is 0 Å². The van der Waals surface area contributed by atoms with E-state index in [4.69, 9.17) is 9.47 Å². The maximum Gasteiger partial charge on any atom is 0.119 e. The third-order valence-electron chi connectivity index (χ3n) is 2.01. The van der Waals surface area contributed by atoms with Gasteiger partial charge >= 0.3 is 0 Å². The second-order valence-corrected chi connectivity index (χ2v) is 3.21. The van der Waals surface area contributed by atoms with E-state index in [0.29, 0.717) is 13.2 Å². The molecule has 0 fully saturated rings. The monoisotopic (exact) mass is 218 g/mol. The first-order valence-electron chi connectivity index (χ1n) is 5.46. The van der Waals surface area contributed by atoms with Crippen molar-refractivity contribution in [2.45, 2.75) is 6.92 Å². The van der Waals surface area contributed by atoms with E-state index in [9.17, 15) is 0 Å². The van der Waals surface area contributed by atoms with Gasteiger partial charge in [0.25, 0.3) is 0 Å². The highest BCUT2D eigenvalue weighted by molar-refractivity contribution is 5.53. The Labute approximate surface area is 97.2 Å². The highest BCUT2D eigenvalue weighted by Gasteiger charge is 1.94. The quantitative estimate of drug-likeness (QED) is 0.397. The molecule has 1 aromatic carbocycles. The van der Waals surface area contributed by atoms with Gasteiger partial charge in [-0.05, 0) is 24.6 Å². The first kappa shape index (κ1) is 12.5. The summed E-state index contributed by atoms with van der Waals surface area (Å²) in [6.45, 7) is 7.57. The Morgan fingerprint density at radius 2 is 2.00 bits per heavy atom. The molecule has 0 radical (unpaired) electrons. The predicted octanol–water partition coefficient (Wildman–Crippen LogP) is 3.27. The maximum absolute atomic E-state index is 5.52. The third-order valence-corrected chi connectivity index (χ3v) is 2.01. The summed E-state index contributed by atoms with van der Waals surface area (Å²) in [4.78, 5) is 0. The van der Waals surface area contributed by atoms with E-state index in [1.54, 1.807) is 6.08 Å². The highest BCUT2D eigenvalue weighted by Crippen LogP contribution is 2.08. The summed E-state index contributed by atoms with van der Waals surface area (Å²) >= 11 is 0. The van der Waals surface area contributed by atoms with Crippen LogP contribution in [-0.2, 0) is 9.47 Å². The number of benzene rings is 1. The van der Waals surface area contributed by atoms with Gasteiger partial charge < -0.3 is 9.47 Å². The predicted molar refractivity (Wildman–Crippen MR) is 67.1 cm³/mol. The Hall–Kier alpha value is -1.54. The summed E-state index contributed by atoms with van der Waals surface area (Å²) in [7, 11) is 0. The molecule has 0 aliphatic heterocycles. The summed E-state index contributed by atoms with van der Waals surface area (Å²) in [6, 6.07) is 10.0. The zero-order valence-electron chi connectivity index (χ0n) is 9.69. The normalized spacial score (nSPS) is 11.2. The van der Waals surface area contributed by atoms with E-state index in [-0.39, 0.29) is 0 Å². The molecule has 0 aromatic heterocycles. The Morgan fingerprint density at radius 1 is 1.25 bits per heavy atom. The molecule has 2 nitrogen and oxygen atoms in total. The van der Waals surface area contributed by atoms with E-state index < -0.39 is 0 Å². The van der Waals surface area contributed by atoms with Crippen molar-refractivity contribution in [3.05, 3.63) is 54.3 Å². The molecule has 0 unspecified atom stereocenters. The minimum Gasteiger partial charge on any atom is -0.491 e. The summed E-state index contributed by atoms with van der Waals surface area (Å²) in [5, 5.41) is 0. The van der Waals surface area contributed by atoms with Crippen molar-refractivity contribution in [1.82, 2.24) is 0 Å². The van der Waals surface area contributed by atoms with Gasteiger partial charge in [0.15, 0.2) is 0 Å². The minimum atomic E-state index is 0.554. The molecule has 0 saturated heterocycles. The van der Waals surface area contributed by atoms with Crippen LogP contribution in [0, 0.1) is 0 Å². The topological polar surface area (TPSA) is 18.5 Å². The standard InChI is InChI=1S/C14H18O2/c1-3-14(16-11-10-15-4-2)12-13-8-6-5-7-9-13/h3,5-9,12H,1,4,10-11H2,2H3/b14-12-. The van der Waals surface area contributed by atoms with Crippen LogP contribution in [0.5, 0.6) is 0 Å². The lowest BCUT2D eigenvalue weighted by Gasteiger charge is -2.06. The summed E-state index contributed by atoms with van der Waals surface area (Å²) in [6.07, 6.45) is 3.66. The smallest absolute Gasteiger partial charge is 0.119 e. The molecule has 0 aliphatic rings. The molecule has 0 bridgehead atoms. The van der Waals surface area contributed by atoms with Crippen LogP contribution in [0.2, 0.25) is 0 Å². The van der Waals surface area contributed by atoms with Crippen molar-refractivity contribution in [2.24, 2.45) is 0 Å². The zero-order valence-corrected chi connectivity index (χ0v) is 9.69. The highest BCUT2D eigenvalue weighted by atomic mass is 16.5. The van der Waals surface area contributed by atoms with Gasteiger partial charge in [0.05, 0.1) is 6.61 Å².